The lowest BCUT2D eigenvalue weighted by atomic mass is 10.2. The quantitative estimate of drug-likeness (QED) is 0.656. The van der Waals surface area contributed by atoms with Crippen LogP contribution in [0.5, 0.6) is 0 Å². The first kappa shape index (κ1) is 9.34. The molecule has 64 valence electrons. The number of hydrogen-bond acceptors (Lipinski definition) is 0. The lowest BCUT2D eigenvalue weighted by Crippen LogP contribution is -1.70. The van der Waals surface area contributed by atoms with Crippen LogP contribution in [0.2, 0.25) is 5.02 Å². The van der Waals surface area contributed by atoms with Crippen LogP contribution in [-0.2, 0) is 0 Å². The lowest BCUT2D eigenvalue weighted by Gasteiger charge is -1.92. The molecule has 12 heavy (non-hydrogen) atoms. The second kappa shape index (κ2) is 5.00. The van der Waals surface area contributed by atoms with Gasteiger partial charge in [-0.05, 0) is 24.1 Å². The molecule has 1 aromatic carbocycles. The van der Waals surface area contributed by atoms with Crippen LogP contribution in [0, 0.1) is 0 Å². The number of halogens is 1. The van der Waals surface area contributed by atoms with Gasteiger partial charge in [-0.15, -0.1) is 0 Å². The smallest absolute Gasteiger partial charge is 0.0406 e. The maximum absolute atomic E-state index is 5.75. The monoisotopic (exact) mass is 180 g/mol. The zero-order valence-corrected chi connectivity index (χ0v) is 8.01. The van der Waals surface area contributed by atoms with Crippen molar-refractivity contribution in [1.82, 2.24) is 0 Å². The molecule has 0 unspecified atom stereocenters. The fourth-order valence-electron chi connectivity index (χ4n) is 0.960. The minimum absolute atomic E-state index is 0.794. The average molecular weight is 181 g/mol. The Kier molecular flexibility index (Phi) is 3.89. The number of hydrogen-bond donors (Lipinski definition) is 0. The van der Waals surface area contributed by atoms with Crippen LogP contribution in [0.25, 0.3) is 6.08 Å². The number of allylic oxidation sites excluding steroid dienone is 1. The van der Waals surface area contributed by atoms with Crippen LogP contribution < -0.4 is 0 Å². The van der Waals surface area contributed by atoms with Gasteiger partial charge in [-0.2, -0.15) is 0 Å². The minimum atomic E-state index is 0.794. The molecule has 0 N–H and O–H groups in total. The highest BCUT2D eigenvalue weighted by Gasteiger charge is 1.86. The fourth-order valence-corrected chi connectivity index (χ4v) is 1.09. The molecule has 0 fully saturated rings. The van der Waals surface area contributed by atoms with Gasteiger partial charge in [-0.3, -0.25) is 0 Å². The molecule has 0 aliphatic heterocycles. The maximum Gasteiger partial charge on any atom is 0.0406 e. The van der Waals surface area contributed by atoms with Crippen LogP contribution in [0.3, 0.4) is 0 Å². The second-order valence-corrected chi connectivity index (χ2v) is 3.18. The van der Waals surface area contributed by atoms with Gasteiger partial charge in [-0.25, -0.2) is 0 Å². The first-order valence-electron chi connectivity index (χ1n) is 4.25. The summed E-state index contributed by atoms with van der Waals surface area (Å²) in [7, 11) is 0. The normalized spacial score (nSPS) is 10.8. The van der Waals surface area contributed by atoms with Gasteiger partial charge in [0.1, 0.15) is 0 Å². The Morgan fingerprint density at radius 3 is 2.50 bits per heavy atom. The Labute approximate surface area is 78.9 Å². The summed E-state index contributed by atoms with van der Waals surface area (Å²) in [5.74, 6) is 0. The van der Waals surface area contributed by atoms with Gasteiger partial charge >= 0.3 is 0 Å². The molecule has 0 aromatic heterocycles. The van der Waals surface area contributed by atoms with Gasteiger partial charge in [0.05, 0.1) is 0 Å². The summed E-state index contributed by atoms with van der Waals surface area (Å²) < 4.78 is 0. The molecule has 1 heteroatoms. The van der Waals surface area contributed by atoms with E-state index >= 15 is 0 Å². The van der Waals surface area contributed by atoms with Crippen molar-refractivity contribution < 1.29 is 0 Å². The van der Waals surface area contributed by atoms with E-state index in [1.165, 1.54) is 12.0 Å². The molecule has 0 nitrogen and oxygen atoms in total. The highest BCUT2D eigenvalue weighted by molar-refractivity contribution is 6.30. The molecule has 0 radical (unpaired) electrons. The molecule has 0 saturated heterocycles. The highest BCUT2D eigenvalue weighted by atomic mass is 35.5. The van der Waals surface area contributed by atoms with E-state index in [1.54, 1.807) is 0 Å². The molecule has 0 bridgehead atoms. The van der Waals surface area contributed by atoms with Crippen molar-refractivity contribution in [2.75, 3.05) is 0 Å². The SMILES string of the molecule is CCC/C=C/c1ccc(Cl)cc1. The highest BCUT2D eigenvalue weighted by Crippen LogP contribution is 2.10. The molecule has 0 aliphatic rings. The summed E-state index contributed by atoms with van der Waals surface area (Å²) in [6.07, 6.45) is 6.65. The molecular formula is C11H13Cl. The van der Waals surface area contributed by atoms with Crippen molar-refractivity contribution in [2.45, 2.75) is 19.8 Å². The topological polar surface area (TPSA) is 0 Å². The minimum Gasteiger partial charge on any atom is -0.0843 e. The van der Waals surface area contributed by atoms with E-state index in [9.17, 15) is 0 Å². The van der Waals surface area contributed by atoms with Crippen molar-refractivity contribution >= 4 is 17.7 Å². The van der Waals surface area contributed by atoms with E-state index in [-0.39, 0.29) is 0 Å². The summed E-state index contributed by atoms with van der Waals surface area (Å²) in [5.41, 5.74) is 1.22. The van der Waals surface area contributed by atoms with E-state index in [1.807, 2.05) is 24.3 Å². The summed E-state index contributed by atoms with van der Waals surface area (Å²) in [6, 6.07) is 7.86. The van der Waals surface area contributed by atoms with Crippen LogP contribution in [0.4, 0.5) is 0 Å². The standard InChI is InChI=1S/C11H13Cl/c1-2-3-4-5-10-6-8-11(12)9-7-10/h4-9H,2-3H2,1H3/b5-4+. The number of benzene rings is 1. The molecule has 0 saturated carbocycles. The maximum atomic E-state index is 5.75. The van der Waals surface area contributed by atoms with Gasteiger partial charge in [0.2, 0.25) is 0 Å². The molecule has 1 rings (SSSR count). The first-order chi connectivity index (χ1) is 5.83. The van der Waals surface area contributed by atoms with Gasteiger partial charge in [0, 0.05) is 5.02 Å². The van der Waals surface area contributed by atoms with Crippen molar-refractivity contribution in [3.05, 3.63) is 40.9 Å². The summed E-state index contributed by atoms with van der Waals surface area (Å²) in [4.78, 5) is 0. The largest absolute Gasteiger partial charge is 0.0843 e. The van der Waals surface area contributed by atoms with E-state index in [0.29, 0.717) is 0 Å². The van der Waals surface area contributed by atoms with E-state index in [4.69, 9.17) is 11.6 Å². The summed E-state index contributed by atoms with van der Waals surface area (Å²) >= 11 is 5.75. The molecule has 1 aromatic rings. The molecule has 0 aliphatic carbocycles. The molecule has 0 heterocycles. The fraction of sp³-hybridized carbons (Fsp3) is 0.273. The molecular weight excluding hydrogens is 168 g/mol. The van der Waals surface area contributed by atoms with E-state index in [2.05, 4.69) is 19.1 Å². The summed E-state index contributed by atoms with van der Waals surface area (Å²) in [6.45, 7) is 2.17. The van der Waals surface area contributed by atoms with Crippen molar-refractivity contribution in [3.8, 4) is 0 Å². The second-order valence-electron chi connectivity index (χ2n) is 2.74. The van der Waals surface area contributed by atoms with Crippen LogP contribution in [0.1, 0.15) is 25.3 Å². The van der Waals surface area contributed by atoms with Crippen molar-refractivity contribution in [2.24, 2.45) is 0 Å². The third-order valence-electron chi connectivity index (χ3n) is 1.64. The Morgan fingerprint density at radius 1 is 1.25 bits per heavy atom. The first-order valence-corrected chi connectivity index (χ1v) is 4.63. The number of rotatable bonds is 3. The third kappa shape index (κ3) is 3.10. The Morgan fingerprint density at radius 2 is 1.92 bits per heavy atom. The van der Waals surface area contributed by atoms with Gasteiger partial charge in [0.15, 0.2) is 0 Å². The van der Waals surface area contributed by atoms with Crippen LogP contribution >= 0.6 is 11.6 Å². The average Bonchev–Trinajstić information content (AvgIpc) is 2.09. The van der Waals surface area contributed by atoms with Gasteiger partial charge in [0.25, 0.3) is 0 Å². The van der Waals surface area contributed by atoms with Gasteiger partial charge < -0.3 is 0 Å². The zero-order valence-electron chi connectivity index (χ0n) is 7.26. The third-order valence-corrected chi connectivity index (χ3v) is 1.89. The molecule has 0 spiro atoms. The predicted octanol–water partition coefficient (Wildman–Crippen LogP) is 4.15. The van der Waals surface area contributed by atoms with Crippen molar-refractivity contribution in [1.29, 1.82) is 0 Å². The Hall–Kier alpha value is -0.750. The lowest BCUT2D eigenvalue weighted by molar-refractivity contribution is 0.962. The summed E-state index contributed by atoms with van der Waals surface area (Å²) in [5, 5.41) is 0.794. The predicted molar refractivity (Wildman–Crippen MR) is 55.4 cm³/mol. The van der Waals surface area contributed by atoms with Gasteiger partial charge in [-0.1, -0.05) is 49.2 Å². The van der Waals surface area contributed by atoms with Crippen LogP contribution in [-0.4, -0.2) is 0 Å². The van der Waals surface area contributed by atoms with E-state index in [0.717, 1.165) is 11.4 Å². The van der Waals surface area contributed by atoms with E-state index < -0.39 is 0 Å². The Bertz CT molecular complexity index is 246. The van der Waals surface area contributed by atoms with Crippen molar-refractivity contribution in [3.63, 3.8) is 0 Å². The zero-order chi connectivity index (χ0) is 8.81. The Balaban J connectivity index is 2.58. The van der Waals surface area contributed by atoms with Crippen LogP contribution in [0.15, 0.2) is 30.3 Å². The molecule has 0 atom stereocenters. The number of unbranched alkanes of at least 4 members (excludes halogenated alkanes) is 1. The molecule has 0 amide bonds.